The fraction of sp³-hybridized carbons (Fsp3) is 0.367. The number of rotatable bonds is 8. The highest BCUT2D eigenvalue weighted by Crippen LogP contribution is 2.34. The second-order valence-electron chi connectivity index (χ2n) is 10.0. The highest BCUT2D eigenvalue weighted by molar-refractivity contribution is 5.95. The zero-order valence-electron chi connectivity index (χ0n) is 20.5. The third-order valence-electron chi connectivity index (χ3n) is 6.74. The minimum Gasteiger partial charge on any atom is -0.338 e. The lowest BCUT2D eigenvalue weighted by atomic mass is 9.88. The quantitative estimate of drug-likeness (QED) is 0.404. The third-order valence-corrected chi connectivity index (χ3v) is 6.74. The number of likely N-dealkylation sites (tertiary alicyclic amines) is 1. The molecule has 4 rings (SSSR count). The average molecular weight is 459 g/mol. The first-order chi connectivity index (χ1) is 16.4. The Hall–Kier alpha value is -2.98. The van der Waals surface area contributed by atoms with Crippen molar-refractivity contribution in [2.75, 3.05) is 26.2 Å². The Morgan fingerprint density at radius 1 is 1.00 bits per heavy atom. The van der Waals surface area contributed by atoms with Crippen molar-refractivity contribution < 1.29 is 9.18 Å². The van der Waals surface area contributed by atoms with Crippen LogP contribution in [0.2, 0.25) is 0 Å². The largest absolute Gasteiger partial charge is 0.338 e. The van der Waals surface area contributed by atoms with Crippen LogP contribution in [0.5, 0.6) is 0 Å². The van der Waals surface area contributed by atoms with Gasteiger partial charge in [-0.1, -0.05) is 74.5 Å². The molecule has 0 aliphatic carbocycles. The Bertz CT molecular complexity index is 1100. The molecular formula is C30H35FN2O. The summed E-state index contributed by atoms with van der Waals surface area (Å²) < 4.78 is 13.8. The molecule has 1 saturated heterocycles. The molecule has 0 bridgehead atoms. The van der Waals surface area contributed by atoms with Crippen LogP contribution in [0.25, 0.3) is 0 Å². The lowest BCUT2D eigenvalue weighted by Crippen LogP contribution is -2.40. The maximum Gasteiger partial charge on any atom is 0.254 e. The summed E-state index contributed by atoms with van der Waals surface area (Å²) in [5, 5.41) is 0. The van der Waals surface area contributed by atoms with Crippen LogP contribution in [0.15, 0.2) is 78.9 Å². The molecule has 0 spiro atoms. The highest BCUT2D eigenvalue weighted by atomic mass is 19.1. The Labute approximate surface area is 203 Å². The van der Waals surface area contributed by atoms with Crippen LogP contribution < -0.4 is 0 Å². The van der Waals surface area contributed by atoms with Crippen LogP contribution >= 0.6 is 0 Å². The van der Waals surface area contributed by atoms with Crippen molar-refractivity contribution in [2.45, 2.75) is 33.2 Å². The number of carbonyl (C=O) groups is 1. The Balaban J connectivity index is 1.58. The van der Waals surface area contributed by atoms with Crippen LogP contribution in [0.1, 0.15) is 46.8 Å². The molecule has 1 aliphatic rings. The lowest BCUT2D eigenvalue weighted by Gasteiger charge is -2.30. The average Bonchev–Trinajstić information content (AvgIpc) is 3.21. The van der Waals surface area contributed by atoms with Gasteiger partial charge in [0.1, 0.15) is 5.82 Å². The monoisotopic (exact) mass is 458 g/mol. The lowest BCUT2D eigenvalue weighted by molar-refractivity contribution is 0.0702. The predicted octanol–water partition coefficient (Wildman–Crippen LogP) is 6.15. The topological polar surface area (TPSA) is 23.6 Å². The third kappa shape index (κ3) is 5.92. The van der Waals surface area contributed by atoms with E-state index in [4.69, 9.17) is 0 Å². The SMILES string of the molecule is Cc1ccccc1C(=O)N(CC(C)C)CC1CN(Cc2cccc(F)c2)CC1c1ccccc1. The van der Waals surface area contributed by atoms with Gasteiger partial charge in [-0.15, -0.1) is 0 Å². The van der Waals surface area contributed by atoms with Gasteiger partial charge in [0.15, 0.2) is 0 Å². The molecule has 2 atom stereocenters. The van der Waals surface area contributed by atoms with Gasteiger partial charge < -0.3 is 4.90 Å². The van der Waals surface area contributed by atoms with Gasteiger partial charge in [0, 0.05) is 44.2 Å². The van der Waals surface area contributed by atoms with E-state index >= 15 is 0 Å². The summed E-state index contributed by atoms with van der Waals surface area (Å²) in [5.41, 5.74) is 4.10. The first kappa shape index (κ1) is 24.2. The normalized spacial score (nSPS) is 18.4. The minimum atomic E-state index is -0.195. The van der Waals surface area contributed by atoms with E-state index in [1.807, 2.05) is 43.3 Å². The first-order valence-electron chi connectivity index (χ1n) is 12.3. The molecule has 3 aromatic carbocycles. The van der Waals surface area contributed by atoms with Gasteiger partial charge in [0.2, 0.25) is 0 Å². The molecular weight excluding hydrogens is 423 g/mol. The second kappa shape index (κ2) is 11.0. The van der Waals surface area contributed by atoms with Crippen molar-refractivity contribution >= 4 is 5.91 Å². The fourth-order valence-corrected chi connectivity index (χ4v) is 5.19. The molecule has 1 amide bonds. The number of nitrogens with zero attached hydrogens (tertiary/aromatic N) is 2. The van der Waals surface area contributed by atoms with Crippen LogP contribution in [0, 0.1) is 24.6 Å². The zero-order chi connectivity index (χ0) is 24.1. The van der Waals surface area contributed by atoms with E-state index in [1.165, 1.54) is 11.6 Å². The molecule has 0 saturated carbocycles. The van der Waals surface area contributed by atoms with Gasteiger partial charge in [-0.25, -0.2) is 4.39 Å². The number of benzene rings is 3. The highest BCUT2D eigenvalue weighted by Gasteiger charge is 2.36. The van der Waals surface area contributed by atoms with E-state index in [9.17, 15) is 9.18 Å². The van der Waals surface area contributed by atoms with Crippen molar-refractivity contribution in [1.29, 1.82) is 0 Å². The Morgan fingerprint density at radius 2 is 1.74 bits per heavy atom. The van der Waals surface area contributed by atoms with E-state index in [-0.39, 0.29) is 11.7 Å². The molecule has 1 aliphatic heterocycles. The summed E-state index contributed by atoms with van der Waals surface area (Å²) >= 11 is 0. The van der Waals surface area contributed by atoms with Crippen LogP contribution in [-0.4, -0.2) is 41.9 Å². The molecule has 178 valence electrons. The van der Waals surface area contributed by atoms with Crippen molar-refractivity contribution in [2.24, 2.45) is 11.8 Å². The standard InChI is InChI=1S/C30H35FN2O/c1-22(2)17-33(30(34)28-15-8-7-10-23(28)3)20-26-19-32(18-24-11-9-14-27(31)16-24)21-29(26)25-12-5-4-6-13-25/h4-16,22,26,29H,17-21H2,1-3H3. The van der Waals surface area contributed by atoms with Crippen LogP contribution in [0.3, 0.4) is 0 Å². The van der Waals surface area contributed by atoms with Crippen LogP contribution in [0.4, 0.5) is 4.39 Å². The van der Waals surface area contributed by atoms with Crippen molar-refractivity contribution in [3.63, 3.8) is 0 Å². The molecule has 0 aromatic heterocycles. The van der Waals surface area contributed by atoms with Gasteiger partial charge in [0.05, 0.1) is 0 Å². The first-order valence-corrected chi connectivity index (χ1v) is 12.3. The number of halogens is 1. The van der Waals surface area contributed by atoms with E-state index < -0.39 is 0 Å². The maximum absolute atomic E-state index is 13.8. The second-order valence-corrected chi connectivity index (χ2v) is 10.0. The summed E-state index contributed by atoms with van der Waals surface area (Å²) in [7, 11) is 0. The Kier molecular flexibility index (Phi) is 7.79. The molecule has 3 nitrogen and oxygen atoms in total. The van der Waals surface area contributed by atoms with E-state index in [1.54, 1.807) is 12.1 Å². The van der Waals surface area contributed by atoms with Gasteiger partial charge in [0.25, 0.3) is 5.91 Å². The molecule has 1 heterocycles. The fourth-order valence-electron chi connectivity index (χ4n) is 5.19. The number of aryl methyl sites for hydroxylation is 1. The molecule has 1 fully saturated rings. The Morgan fingerprint density at radius 3 is 2.44 bits per heavy atom. The molecule has 0 radical (unpaired) electrons. The van der Waals surface area contributed by atoms with Gasteiger partial charge in [-0.3, -0.25) is 9.69 Å². The van der Waals surface area contributed by atoms with E-state index in [0.29, 0.717) is 30.8 Å². The summed E-state index contributed by atoms with van der Waals surface area (Å²) in [5.74, 6) is 0.937. The van der Waals surface area contributed by atoms with Crippen LogP contribution in [-0.2, 0) is 6.54 Å². The number of hydrogen-bond acceptors (Lipinski definition) is 2. The smallest absolute Gasteiger partial charge is 0.254 e. The molecule has 4 heteroatoms. The molecule has 34 heavy (non-hydrogen) atoms. The molecule has 3 aromatic rings. The number of hydrogen-bond donors (Lipinski definition) is 0. The van der Waals surface area contributed by atoms with Crippen molar-refractivity contribution in [3.05, 3.63) is 107 Å². The number of carbonyl (C=O) groups excluding carboxylic acids is 1. The predicted molar refractivity (Wildman–Crippen MR) is 136 cm³/mol. The van der Waals surface area contributed by atoms with E-state index in [0.717, 1.165) is 36.3 Å². The summed E-state index contributed by atoms with van der Waals surface area (Å²) in [4.78, 5) is 18.1. The summed E-state index contributed by atoms with van der Waals surface area (Å²) in [6, 6.07) is 25.3. The van der Waals surface area contributed by atoms with Crippen molar-refractivity contribution in [1.82, 2.24) is 9.80 Å². The molecule has 0 N–H and O–H groups in total. The van der Waals surface area contributed by atoms with Gasteiger partial charge in [-0.2, -0.15) is 0 Å². The zero-order valence-corrected chi connectivity index (χ0v) is 20.5. The maximum atomic E-state index is 13.8. The summed E-state index contributed by atoms with van der Waals surface area (Å²) in [6.07, 6.45) is 0. The van der Waals surface area contributed by atoms with E-state index in [2.05, 4.69) is 47.9 Å². The molecule has 2 unspecified atom stereocenters. The van der Waals surface area contributed by atoms with Gasteiger partial charge in [-0.05, 0) is 53.6 Å². The van der Waals surface area contributed by atoms with Gasteiger partial charge >= 0.3 is 0 Å². The number of amides is 1. The van der Waals surface area contributed by atoms with Crippen molar-refractivity contribution in [3.8, 4) is 0 Å². The summed E-state index contributed by atoms with van der Waals surface area (Å²) in [6.45, 7) is 10.3. The minimum absolute atomic E-state index is 0.113.